The third-order valence-electron chi connectivity index (χ3n) is 4.33. The number of aliphatic hydroxyl groups is 1. The molecular weight excluding hydrogens is 292 g/mol. The van der Waals surface area contributed by atoms with E-state index < -0.39 is 5.60 Å². The Morgan fingerprint density at radius 1 is 1.50 bits per heavy atom. The highest BCUT2D eigenvalue weighted by Gasteiger charge is 2.39. The molecule has 1 aliphatic carbocycles. The summed E-state index contributed by atoms with van der Waals surface area (Å²) in [7, 11) is 0. The molecule has 4 heteroatoms. The van der Waals surface area contributed by atoms with E-state index in [-0.39, 0.29) is 0 Å². The molecule has 0 bridgehead atoms. The molecule has 0 spiro atoms. The number of aryl methyl sites for hydroxylation is 2. The molecule has 2 atom stereocenters. The summed E-state index contributed by atoms with van der Waals surface area (Å²) < 4.78 is 3.13. The molecule has 1 aliphatic rings. The van der Waals surface area contributed by atoms with Crippen molar-refractivity contribution < 1.29 is 5.11 Å². The summed E-state index contributed by atoms with van der Waals surface area (Å²) >= 11 is 3.66. The van der Waals surface area contributed by atoms with E-state index in [1.807, 2.05) is 4.68 Å². The maximum atomic E-state index is 10.8. The fourth-order valence-corrected chi connectivity index (χ4v) is 3.67. The molecule has 0 saturated heterocycles. The van der Waals surface area contributed by atoms with Crippen molar-refractivity contribution in [2.75, 3.05) is 0 Å². The van der Waals surface area contributed by atoms with E-state index in [2.05, 4.69) is 41.8 Å². The third kappa shape index (κ3) is 2.37. The number of hydrogen-bond acceptors (Lipinski definition) is 2. The lowest BCUT2D eigenvalue weighted by atomic mass is 9.87. The van der Waals surface area contributed by atoms with E-state index in [1.165, 1.54) is 0 Å². The Morgan fingerprint density at radius 3 is 2.72 bits per heavy atom. The van der Waals surface area contributed by atoms with Gasteiger partial charge in [0.1, 0.15) is 0 Å². The first-order valence-electron chi connectivity index (χ1n) is 6.98. The SMILES string of the molecule is CCc1nn(CC)c(CC2(O)CCCC2C)c1Br. The molecule has 1 aromatic rings. The van der Waals surface area contributed by atoms with Gasteiger partial charge in [-0.25, -0.2) is 0 Å². The zero-order valence-electron chi connectivity index (χ0n) is 11.5. The van der Waals surface area contributed by atoms with Gasteiger partial charge in [-0.05, 0) is 48.0 Å². The zero-order chi connectivity index (χ0) is 13.3. The highest BCUT2D eigenvalue weighted by atomic mass is 79.9. The fraction of sp³-hybridized carbons (Fsp3) is 0.786. The topological polar surface area (TPSA) is 38.0 Å². The predicted octanol–water partition coefficient (Wildman–Crippen LogP) is 3.32. The molecular formula is C14H23BrN2O. The summed E-state index contributed by atoms with van der Waals surface area (Å²) in [4.78, 5) is 0. The monoisotopic (exact) mass is 314 g/mol. The summed E-state index contributed by atoms with van der Waals surface area (Å²) in [6, 6.07) is 0. The minimum absolute atomic E-state index is 0.384. The minimum Gasteiger partial charge on any atom is -0.389 e. The van der Waals surface area contributed by atoms with Crippen molar-refractivity contribution in [2.24, 2.45) is 5.92 Å². The van der Waals surface area contributed by atoms with Crippen molar-refractivity contribution in [1.82, 2.24) is 9.78 Å². The van der Waals surface area contributed by atoms with E-state index in [9.17, 15) is 5.11 Å². The summed E-state index contributed by atoms with van der Waals surface area (Å²) in [6.45, 7) is 7.24. The molecule has 2 unspecified atom stereocenters. The first-order valence-corrected chi connectivity index (χ1v) is 7.77. The lowest BCUT2D eigenvalue weighted by Crippen LogP contribution is -2.35. The Hall–Kier alpha value is -0.350. The maximum absolute atomic E-state index is 10.8. The van der Waals surface area contributed by atoms with Crippen LogP contribution >= 0.6 is 15.9 Å². The van der Waals surface area contributed by atoms with Crippen LogP contribution in [0.3, 0.4) is 0 Å². The van der Waals surface area contributed by atoms with Gasteiger partial charge in [-0.2, -0.15) is 5.10 Å². The predicted molar refractivity (Wildman–Crippen MR) is 76.6 cm³/mol. The van der Waals surface area contributed by atoms with Crippen molar-refractivity contribution in [3.8, 4) is 0 Å². The summed E-state index contributed by atoms with van der Waals surface area (Å²) in [5.41, 5.74) is 1.72. The van der Waals surface area contributed by atoms with Gasteiger partial charge in [-0.15, -0.1) is 0 Å². The molecule has 0 amide bonds. The van der Waals surface area contributed by atoms with Gasteiger partial charge in [0.25, 0.3) is 0 Å². The van der Waals surface area contributed by atoms with Crippen LogP contribution in [0.15, 0.2) is 4.47 Å². The molecule has 1 heterocycles. The Morgan fingerprint density at radius 2 is 2.22 bits per heavy atom. The van der Waals surface area contributed by atoms with Gasteiger partial charge in [0.05, 0.1) is 21.5 Å². The van der Waals surface area contributed by atoms with E-state index in [0.29, 0.717) is 5.92 Å². The maximum Gasteiger partial charge on any atom is 0.0766 e. The molecule has 0 radical (unpaired) electrons. The lowest BCUT2D eigenvalue weighted by molar-refractivity contribution is 0.00764. The average Bonchev–Trinajstić information content (AvgIpc) is 2.83. The molecule has 2 rings (SSSR count). The van der Waals surface area contributed by atoms with Crippen molar-refractivity contribution >= 4 is 15.9 Å². The zero-order valence-corrected chi connectivity index (χ0v) is 13.1. The van der Waals surface area contributed by atoms with Crippen molar-refractivity contribution in [3.05, 3.63) is 15.9 Å². The highest BCUT2D eigenvalue weighted by molar-refractivity contribution is 9.10. The Labute approximate surface area is 118 Å². The number of hydrogen-bond donors (Lipinski definition) is 1. The van der Waals surface area contributed by atoms with Crippen molar-refractivity contribution in [1.29, 1.82) is 0 Å². The standard InChI is InChI=1S/C14H23BrN2O/c1-4-11-13(15)12(17(5-2)16-11)9-14(18)8-6-7-10(14)3/h10,18H,4-9H2,1-3H3. The van der Waals surface area contributed by atoms with Crippen molar-refractivity contribution in [3.63, 3.8) is 0 Å². The molecule has 0 aliphatic heterocycles. The summed E-state index contributed by atoms with van der Waals surface area (Å²) in [5, 5.41) is 15.4. The quantitative estimate of drug-likeness (QED) is 0.925. The van der Waals surface area contributed by atoms with Crippen LogP contribution in [-0.4, -0.2) is 20.5 Å². The second-order valence-corrected chi connectivity index (χ2v) is 6.24. The minimum atomic E-state index is -0.541. The Balaban J connectivity index is 2.30. The number of halogens is 1. The number of rotatable bonds is 4. The van der Waals surface area contributed by atoms with Gasteiger partial charge in [0.15, 0.2) is 0 Å². The molecule has 102 valence electrons. The largest absolute Gasteiger partial charge is 0.389 e. The number of aromatic nitrogens is 2. The van der Waals surface area contributed by atoms with Crippen LogP contribution in [0.2, 0.25) is 0 Å². The van der Waals surface area contributed by atoms with Crippen LogP contribution in [0.25, 0.3) is 0 Å². The average molecular weight is 315 g/mol. The van der Waals surface area contributed by atoms with Gasteiger partial charge in [-0.1, -0.05) is 20.3 Å². The van der Waals surface area contributed by atoms with Gasteiger partial charge in [0.2, 0.25) is 0 Å². The van der Waals surface area contributed by atoms with E-state index in [0.717, 1.165) is 54.5 Å². The Kier molecular flexibility index (Phi) is 4.17. The normalized spacial score (nSPS) is 27.9. The van der Waals surface area contributed by atoms with Crippen LogP contribution in [0, 0.1) is 5.92 Å². The molecule has 1 saturated carbocycles. The van der Waals surface area contributed by atoms with Gasteiger partial charge >= 0.3 is 0 Å². The van der Waals surface area contributed by atoms with Gasteiger partial charge in [0, 0.05) is 13.0 Å². The smallest absolute Gasteiger partial charge is 0.0766 e. The molecule has 3 nitrogen and oxygen atoms in total. The van der Waals surface area contributed by atoms with Crippen LogP contribution in [0.1, 0.15) is 51.4 Å². The van der Waals surface area contributed by atoms with Crippen LogP contribution in [-0.2, 0) is 19.4 Å². The molecule has 18 heavy (non-hydrogen) atoms. The first-order chi connectivity index (χ1) is 8.51. The van der Waals surface area contributed by atoms with E-state index in [4.69, 9.17) is 0 Å². The third-order valence-corrected chi connectivity index (χ3v) is 5.25. The van der Waals surface area contributed by atoms with Crippen LogP contribution < -0.4 is 0 Å². The van der Waals surface area contributed by atoms with Gasteiger partial charge < -0.3 is 5.11 Å². The first kappa shape index (κ1) is 14.1. The molecule has 0 aromatic carbocycles. The van der Waals surface area contributed by atoms with Crippen molar-refractivity contribution in [2.45, 2.75) is 65.0 Å². The lowest BCUT2D eigenvalue weighted by Gasteiger charge is -2.28. The number of nitrogens with zero attached hydrogens (tertiary/aromatic N) is 2. The molecule has 1 N–H and O–H groups in total. The fourth-order valence-electron chi connectivity index (χ4n) is 2.97. The van der Waals surface area contributed by atoms with Gasteiger partial charge in [-0.3, -0.25) is 4.68 Å². The van der Waals surface area contributed by atoms with E-state index >= 15 is 0 Å². The van der Waals surface area contributed by atoms with Crippen LogP contribution in [0.4, 0.5) is 0 Å². The summed E-state index contributed by atoms with van der Waals surface area (Å²) in [6.07, 6.45) is 4.83. The Bertz CT molecular complexity index is 430. The molecule has 1 fully saturated rings. The molecule has 1 aromatic heterocycles. The van der Waals surface area contributed by atoms with E-state index in [1.54, 1.807) is 0 Å². The summed E-state index contributed by atoms with van der Waals surface area (Å²) in [5.74, 6) is 0.384. The highest BCUT2D eigenvalue weighted by Crippen LogP contribution is 2.39. The second kappa shape index (κ2) is 5.33. The van der Waals surface area contributed by atoms with Crippen LogP contribution in [0.5, 0.6) is 0 Å². The second-order valence-electron chi connectivity index (χ2n) is 5.45.